The monoisotopic (exact) mass is 295 g/mol. The average Bonchev–Trinajstić information content (AvgIpc) is 2.97. The van der Waals surface area contributed by atoms with Crippen molar-refractivity contribution in [2.75, 3.05) is 0 Å². The maximum Gasteiger partial charge on any atom is 0.0951 e. The van der Waals surface area contributed by atoms with Gasteiger partial charge in [0.15, 0.2) is 0 Å². The van der Waals surface area contributed by atoms with E-state index in [1.807, 2.05) is 12.1 Å². The van der Waals surface area contributed by atoms with E-state index < -0.39 is 0 Å². The number of benzene rings is 1. The minimum Gasteiger partial charge on any atom is -0.324 e. The number of aryl methyl sites for hydroxylation is 1. The summed E-state index contributed by atoms with van der Waals surface area (Å²) < 4.78 is 0. The summed E-state index contributed by atoms with van der Waals surface area (Å²) in [6.45, 7) is 2.08. The molecule has 1 aromatic carbocycles. The van der Waals surface area contributed by atoms with Crippen molar-refractivity contribution < 1.29 is 0 Å². The molecule has 2 heterocycles. The number of hydrogen-bond donors (Lipinski definition) is 1. The highest BCUT2D eigenvalue weighted by Gasteiger charge is 2.11. The Bertz CT molecular complexity index is 704. The van der Waals surface area contributed by atoms with Gasteiger partial charge in [-0.15, -0.1) is 11.3 Å². The summed E-state index contributed by atoms with van der Waals surface area (Å²) in [7, 11) is 0. The molecule has 106 valence electrons. The van der Waals surface area contributed by atoms with Crippen LogP contribution in [0.2, 0.25) is 0 Å². The Morgan fingerprint density at radius 2 is 1.81 bits per heavy atom. The number of pyridine rings is 1. The third-order valence-corrected chi connectivity index (χ3v) is 4.30. The van der Waals surface area contributed by atoms with Gasteiger partial charge in [-0.2, -0.15) is 0 Å². The van der Waals surface area contributed by atoms with Crippen LogP contribution in [0.4, 0.5) is 0 Å². The number of nitrogens with two attached hydrogens (primary N) is 1. The minimum atomic E-state index is -0.0120. The molecule has 0 saturated carbocycles. The SMILES string of the molecule is Cc1ccc(C(N)Cc2nc(-c3ccncc3)cs2)cc1. The van der Waals surface area contributed by atoms with Gasteiger partial charge in [0.1, 0.15) is 0 Å². The van der Waals surface area contributed by atoms with Crippen LogP contribution in [0.5, 0.6) is 0 Å². The molecular formula is C17H17N3S. The average molecular weight is 295 g/mol. The first kappa shape index (κ1) is 13.9. The number of hydrogen-bond acceptors (Lipinski definition) is 4. The fourth-order valence-corrected chi connectivity index (χ4v) is 3.04. The minimum absolute atomic E-state index is 0.0120. The molecule has 0 aliphatic heterocycles. The van der Waals surface area contributed by atoms with Crippen LogP contribution in [-0.4, -0.2) is 9.97 Å². The van der Waals surface area contributed by atoms with Crippen molar-refractivity contribution >= 4 is 11.3 Å². The number of rotatable bonds is 4. The molecule has 0 saturated heterocycles. The molecule has 0 amide bonds. The molecule has 0 bridgehead atoms. The highest BCUT2D eigenvalue weighted by atomic mass is 32.1. The molecule has 3 rings (SSSR count). The van der Waals surface area contributed by atoms with Crippen LogP contribution >= 0.6 is 11.3 Å². The zero-order valence-corrected chi connectivity index (χ0v) is 12.7. The van der Waals surface area contributed by atoms with Gasteiger partial charge < -0.3 is 5.73 Å². The molecule has 0 aliphatic carbocycles. The smallest absolute Gasteiger partial charge is 0.0951 e. The molecule has 0 spiro atoms. The van der Waals surface area contributed by atoms with Gasteiger partial charge in [-0.25, -0.2) is 4.98 Å². The van der Waals surface area contributed by atoms with E-state index in [1.54, 1.807) is 23.7 Å². The van der Waals surface area contributed by atoms with Gasteiger partial charge in [0.05, 0.1) is 10.7 Å². The fraction of sp³-hybridized carbons (Fsp3) is 0.176. The lowest BCUT2D eigenvalue weighted by atomic mass is 10.0. The quantitative estimate of drug-likeness (QED) is 0.797. The van der Waals surface area contributed by atoms with Crippen LogP contribution in [0.15, 0.2) is 54.2 Å². The standard InChI is InChI=1S/C17H17N3S/c1-12-2-4-13(5-3-12)15(18)10-17-20-16(11-21-17)14-6-8-19-9-7-14/h2-9,11,15H,10,18H2,1H3. The molecule has 21 heavy (non-hydrogen) atoms. The zero-order chi connectivity index (χ0) is 14.7. The van der Waals surface area contributed by atoms with Crippen LogP contribution in [0.1, 0.15) is 22.2 Å². The second-order valence-corrected chi connectivity index (χ2v) is 6.03. The van der Waals surface area contributed by atoms with Crippen molar-refractivity contribution in [1.82, 2.24) is 9.97 Å². The Kier molecular flexibility index (Phi) is 4.08. The van der Waals surface area contributed by atoms with Gasteiger partial charge in [0, 0.05) is 35.8 Å². The van der Waals surface area contributed by atoms with Crippen LogP contribution < -0.4 is 5.73 Å². The van der Waals surface area contributed by atoms with Crippen molar-refractivity contribution in [3.8, 4) is 11.3 Å². The lowest BCUT2D eigenvalue weighted by Gasteiger charge is -2.10. The molecule has 3 aromatic rings. The predicted molar refractivity (Wildman–Crippen MR) is 87.2 cm³/mol. The Balaban J connectivity index is 1.74. The molecule has 2 N–H and O–H groups in total. The molecule has 1 unspecified atom stereocenters. The Morgan fingerprint density at radius 1 is 1.10 bits per heavy atom. The molecule has 1 atom stereocenters. The molecule has 3 nitrogen and oxygen atoms in total. The van der Waals surface area contributed by atoms with E-state index in [0.29, 0.717) is 0 Å². The lowest BCUT2D eigenvalue weighted by Crippen LogP contribution is -2.13. The Hall–Kier alpha value is -2.04. The van der Waals surface area contributed by atoms with Crippen molar-refractivity contribution in [2.45, 2.75) is 19.4 Å². The lowest BCUT2D eigenvalue weighted by molar-refractivity contribution is 0.718. The molecule has 0 fully saturated rings. The van der Waals surface area contributed by atoms with Crippen LogP contribution in [-0.2, 0) is 6.42 Å². The first-order chi connectivity index (χ1) is 10.2. The second kappa shape index (κ2) is 6.16. The maximum atomic E-state index is 6.28. The molecular weight excluding hydrogens is 278 g/mol. The third kappa shape index (κ3) is 3.35. The van der Waals surface area contributed by atoms with Gasteiger partial charge in [-0.3, -0.25) is 4.98 Å². The van der Waals surface area contributed by atoms with Gasteiger partial charge >= 0.3 is 0 Å². The third-order valence-electron chi connectivity index (χ3n) is 3.43. The summed E-state index contributed by atoms with van der Waals surface area (Å²) in [5, 5.41) is 3.14. The Labute approximate surface area is 128 Å². The highest BCUT2D eigenvalue weighted by Crippen LogP contribution is 2.24. The van der Waals surface area contributed by atoms with Crippen LogP contribution in [0.25, 0.3) is 11.3 Å². The first-order valence-electron chi connectivity index (χ1n) is 6.89. The second-order valence-electron chi connectivity index (χ2n) is 5.08. The predicted octanol–water partition coefficient (Wildman–Crippen LogP) is 3.76. The summed E-state index contributed by atoms with van der Waals surface area (Å²) in [6, 6.07) is 12.3. The molecule has 2 aromatic heterocycles. The normalized spacial score (nSPS) is 12.3. The van der Waals surface area contributed by atoms with E-state index in [4.69, 9.17) is 5.73 Å². The summed E-state index contributed by atoms with van der Waals surface area (Å²) in [4.78, 5) is 8.70. The largest absolute Gasteiger partial charge is 0.324 e. The topological polar surface area (TPSA) is 51.8 Å². The molecule has 0 aliphatic rings. The van der Waals surface area contributed by atoms with E-state index >= 15 is 0 Å². The number of nitrogens with zero attached hydrogens (tertiary/aromatic N) is 2. The van der Waals surface area contributed by atoms with Crippen molar-refractivity contribution in [3.05, 3.63) is 70.3 Å². The van der Waals surface area contributed by atoms with Gasteiger partial charge in [0.2, 0.25) is 0 Å². The zero-order valence-electron chi connectivity index (χ0n) is 11.9. The summed E-state index contributed by atoms with van der Waals surface area (Å²) >= 11 is 1.66. The molecule has 0 radical (unpaired) electrons. The van der Waals surface area contributed by atoms with Gasteiger partial charge in [-0.05, 0) is 24.6 Å². The fourth-order valence-electron chi connectivity index (χ4n) is 2.18. The van der Waals surface area contributed by atoms with E-state index in [-0.39, 0.29) is 6.04 Å². The van der Waals surface area contributed by atoms with Crippen molar-refractivity contribution in [1.29, 1.82) is 0 Å². The molecule has 4 heteroatoms. The summed E-state index contributed by atoms with van der Waals surface area (Å²) in [6.07, 6.45) is 4.33. The summed E-state index contributed by atoms with van der Waals surface area (Å²) in [5.41, 5.74) is 10.8. The van der Waals surface area contributed by atoms with Gasteiger partial charge in [-0.1, -0.05) is 29.8 Å². The van der Waals surface area contributed by atoms with E-state index in [1.165, 1.54) is 5.56 Å². The van der Waals surface area contributed by atoms with Crippen molar-refractivity contribution in [2.24, 2.45) is 5.73 Å². The van der Waals surface area contributed by atoms with Gasteiger partial charge in [0.25, 0.3) is 0 Å². The van der Waals surface area contributed by atoms with E-state index in [0.717, 1.165) is 28.2 Å². The van der Waals surface area contributed by atoms with Crippen LogP contribution in [0.3, 0.4) is 0 Å². The number of thiazole rings is 1. The van der Waals surface area contributed by atoms with E-state index in [9.17, 15) is 0 Å². The van der Waals surface area contributed by atoms with E-state index in [2.05, 4.69) is 46.5 Å². The van der Waals surface area contributed by atoms with Crippen molar-refractivity contribution in [3.63, 3.8) is 0 Å². The Morgan fingerprint density at radius 3 is 2.52 bits per heavy atom. The highest BCUT2D eigenvalue weighted by molar-refractivity contribution is 7.09. The summed E-state index contributed by atoms with van der Waals surface area (Å²) in [5.74, 6) is 0. The van der Waals surface area contributed by atoms with Crippen LogP contribution in [0, 0.1) is 6.92 Å². The maximum absolute atomic E-state index is 6.28. The number of aromatic nitrogens is 2. The first-order valence-corrected chi connectivity index (χ1v) is 7.77.